The minimum absolute atomic E-state index is 0. The molecule has 0 spiro atoms. The smallest absolute Gasteiger partial charge is 0.210 e. The summed E-state index contributed by atoms with van der Waals surface area (Å²) < 4.78 is 2.17. The molecule has 2 saturated heterocycles. The Morgan fingerprint density at radius 3 is 1.60 bits per heavy atom. The largest absolute Gasteiger partial charge is 1.00 e. The standard InChI is InChI=1S/C35H41N6.ClH/c1-36-22-26-40(27-23-36)34-10-6-32(7-11-34)38-18-14-30(15-19-38)4-3-5-31-16-20-39(21-17-31)33-8-12-35(13-9-33)41-28-24-37(2)25-29-41;/h3-21H,22-29H2,1-2H3;1H/q+1;/p-1. The van der Waals surface area contributed by atoms with Crippen molar-refractivity contribution in [2.75, 3.05) is 81.2 Å². The first-order chi connectivity index (χ1) is 20.1. The summed E-state index contributed by atoms with van der Waals surface area (Å²) >= 11 is 0. The summed E-state index contributed by atoms with van der Waals surface area (Å²) in [5.74, 6) is 0. The van der Waals surface area contributed by atoms with E-state index < -0.39 is 0 Å². The third-order valence-corrected chi connectivity index (χ3v) is 8.32. The van der Waals surface area contributed by atoms with Crippen LogP contribution in [-0.4, -0.2) is 76.3 Å². The van der Waals surface area contributed by atoms with E-state index in [-0.39, 0.29) is 12.4 Å². The van der Waals surface area contributed by atoms with Crippen LogP contribution in [0, 0.1) is 0 Å². The molecule has 0 unspecified atom stereocenters. The summed E-state index contributed by atoms with van der Waals surface area (Å²) in [6.07, 6.45) is 19.3. The van der Waals surface area contributed by atoms with Crippen LogP contribution in [0.5, 0.6) is 0 Å². The third-order valence-electron chi connectivity index (χ3n) is 8.32. The third kappa shape index (κ3) is 7.32. The molecular weight excluding hydrogens is 540 g/mol. The number of hydrogen-bond acceptors (Lipinski definition) is 5. The fourth-order valence-electron chi connectivity index (χ4n) is 5.51. The molecule has 3 aliphatic heterocycles. The van der Waals surface area contributed by atoms with E-state index in [1.54, 1.807) is 0 Å². The van der Waals surface area contributed by atoms with Crippen LogP contribution in [0.25, 0.3) is 11.8 Å². The number of nitrogens with zero attached hydrogens (tertiary/aromatic N) is 6. The molecule has 6 rings (SSSR count). The number of pyridine rings is 1. The second-order valence-corrected chi connectivity index (χ2v) is 11.2. The Kier molecular flexibility index (Phi) is 9.80. The molecule has 0 amide bonds. The molecule has 0 radical (unpaired) electrons. The van der Waals surface area contributed by atoms with Gasteiger partial charge in [-0.25, -0.2) is 0 Å². The average molecular weight is 581 g/mol. The number of rotatable bonds is 6. The zero-order valence-corrected chi connectivity index (χ0v) is 25.4. The number of halogens is 1. The molecule has 0 N–H and O–H groups in total. The highest BCUT2D eigenvalue weighted by molar-refractivity contribution is 5.62. The first-order valence-electron chi connectivity index (χ1n) is 14.7. The van der Waals surface area contributed by atoms with Gasteiger partial charge in [-0.15, -0.1) is 0 Å². The summed E-state index contributed by atoms with van der Waals surface area (Å²) in [6.45, 7) is 8.87. The Morgan fingerprint density at radius 1 is 0.595 bits per heavy atom. The topological polar surface area (TPSA) is 20.1 Å². The highest BCUT2D eigenvalue weighted by Gasteiger charge is 2.16. The van der Waals surface area contributed by atoms with Gasteiger partial charge in [0.05, 0.1) is 0 Å². The number of piperazine rings is 2. The average Bonchev–Trinajstić information content (AvgIpc) is 3.03. The van der Waals surface area contributed by atoms with E-state index in [1.165, 1.54) is 33.9 Å². The molecule has 2 fully saturated rings. The van der Waals surface area contributed by atoms with Crippen molar-refractivity contribution in [1.29, 1.82) is 0 Å². The molecule has 218 valence electrons. The SMILES string of the molecule is CN1CCN(c2ccc(N3C=CC(=CC=Cc4cc[n+](-c5ccc(N6CCN(C)CC6)cc5)cc4)C=C3)cc2)CC1.[Cl-]. The van der Waals surface area contributed by atoms with Crippen LogP contribution in [0.1, 0.15) is 5.56 Å². The zero-order chi connectivity index (χ0) is 28.0. The monoisotopic (exact) mass is 580 g/mol. The van der Waals surface area contributed by atoms with Crippen molar-refractivity contribution >= 4 is 23.1 Å². The Hall–Kier alpha value is -3.84. The van der Waals surface area contributed by atoms with Crippen LogP contribution >= 0.6 is 0 Å². The summed E-state index contributed by atoms with van der Waals surface area (Å²) in [5.41, 5.74) is 7.33. The van der Waals surface area contributed by atoms with Crippen LogP contribution in [0.3, 0.4) is 0 Å². The van der Waals surface area contributed by atoms with Crippen LogP contribution in [-0.2, 0) is 0 Å². The summed E-state index contributed by atoms with van der Waals surface area (Å²) in [7, 11) is 4.39. The van der Waals surface area contributed by atoms with Gasteiger partial charge in [-0.05, 0) is 73.8 Å². The number of anilines is 3. The van der Waals surface area contributed by atoms with Crippen LogP contribution in [0.15, 0.2) is 115 Å². The van der Waals surface area contributed by atoms with Gasteiger partial charge in [0.25, 0.3) is 0 Å². The number of hydrogen-bond donors (Lipinski definition) is 0. The summed E-state index contributed by atoms with van der Waals surface area (Å²) in [5, 5.41) is 0. The summed E-state index contributed by atoms with van der Waals surface area (Å²) in [6, 6.07) is 22.1. The van der Waals surface area contributed by atoms with E-state index in [0.29, 0.717) is 0 Å². The van der Waals surface area contributed by atoms with E-state index in [9.17, 15) is 0 Å². The molecule has 4 heterocycles. The molecule has 2 aromatic carbocycles. The fraction of sp³-hybridized carbons (Fsp3) is 0.286. The predicted molar refractivity (Wildman–Crippen MR) is 172 cm³/mol. The normalized spacial score (nSPS) is 18.0. The number of aromatic nitrogens is 1. The van der Waals surface area contributed by atoms with Crippen molar-refractivity contribution in [3.63, 3.8) is 0 Å². The van der Waals surface area contributed by atoms with Gasteiger partial charge < -0.3 is 36.9 Å². The molecule has 0 saturated carbocycles. The van der Waals surface area contributed by atoms with Crippen LogP contribution in [0.2, 0.25) is 0 Å². The maximum atomic E-state index is 2.47. The lowest BCUT2D eigenvalue weighted by Gasteiger charge is -2.34. The molecule has 0 atom stereocenters. The lowest BCUT2D eigenvalue weighted by Crippen LogP contribution is -3.00. The van der Waals surface area contributed by atoms with Crippen molar-refractivity contribution in [1.82, 2.24) is 9.80 Å². The van der Waals surface area contributed by atoms with Crippen molar-refractivity contribution < 1.29 is 17.0 Å². The minimum atomic E-state index is 0. The van der Waals surface area contributed by atoms with Gasteiger partial charge in [0.15, 0.2) is 12.4 Å². The van der Waals surface area contributed by atoms with Gasteiger partial charge in [0, 0.05) is 106 Å². The van der Waals surface area contributed by atoms with Gasteiger partial charge in [-0.1, -0.05) is 18.2 Å². The molecule has 6 nitrogen and oxygen atoms in total. The second-order valence-electron chi connectivity index (χ2n) is 11.2. The number of benzene rings is 2. The number of likely N-dealkylation sites (N-methyl/N-ethyl adjacent to an activating group) is 2. The van der Waals surface area contributed by atoms with Gasteiger partial charge in [0.1, 0.15) is 0 Å². The lowest BCUT2D eigenvalue weighted by atomic mass is 10.1. The molecule has 1 aromatic heterocycles. The quantitative estimate of drug-likeness (QED) is 0.414. The molecule has 3 aliphatic rings. The van der Waals surface area contributed by atoms with Gasteiger partial charge in [-0.2, -0.15) is 4.57 Å². The second kappa shape index (κ2) is 13.9. The van der Waals surface area contributed by atoms with Crippen molar-refractivity contribution in [3.05, 3.63) is 121 Å². The molecule has 42 heavy (non-hydrogen) atoms. The first-order valence-corrected chi connectivity index (χ1v) is 14.7. The van der Waals surface area contributed by atoms with E-state index in [2.05, 4.69) is 159 Å². The highest BCUT2D eigenvalue weighted by Crippen LogP contribution is 2.24. The van der Waals surface area contributed by atoms with Gasteiger partial charge in [-0.3, -0.25) is 0 Å². The molecule has 0 aliphatic carbocycles. The maximum Gasteiger partial charge on any atom is 0.210 e. The highest BCUT2D eigenvalue weighted by atomic mass is 35.5. The van der Waals surface area contributed by atoms with E-state index >= 15 is 0 Å². The zero-order valence-electron chi connectivity index (χ0n) is 24.7. The Morgan fingerprint density at radius 2 is 1.07 bits per heavy atom. The number of allylic oxidation sites excluding steroid dienone is 5. The maximum absolute atomic E-state index is 2.47. The lowest BCUT2D eigenvalue weighted by molar-refractivity contribution is -0.595. The van der Waals surface area contributed by atoms with Crippen molar-refractivity contribution in [3.8, 4) is 5.69 Å². The van der Waals surface area contributed by atoms with Gasteiger partial charge in [0.2, 0.25) is 5.69 Å². The van der Waals surface area contributed by atoms with Crippen molar-refractivity contribution in [2.45, 2.75) is 0 Å². The fourth-order valence-corrected chi connectivity index (χ4v) is 5.51. The Bertz CT molecular complexity index is 1390. The summed E-state index contributed by atoms with van der Waals surface area (Å²) in [4.78, 5) is 11.9. The Labute approximate surface area is 257 Å². The molecule has 0 bridgehead atoms. The minimum Gasteiger partial charge on any atom is -1.00 e. The van der Waals surface area contributed by atoms with Crippen molar-refractivity contribution in [2.24, 2.45) is 0 Å². The molecular formula is C35H41ClN6. The van der Waals surface area contributed by atoms with Crippen LogP contribution in [0.4, 0.5) is 17.1 Å². The van der Waals surface area contributed by atoms with Gasteiger partial charge >= 0.3 is 0 Å². The molecule has 3 aromatic rings. The van der Waals surface area contributed by atoms with E-state index in [4.69, 9.17) is 0 Å². The molecule has 7 heteroatoms. The predicted octanol–water partition coefficient (Wildman–Crippen LogP) is 1.96. The first kappa shape index (κ1) is 29.6. The Balaban J connectivity index is 0.00000353. The van der Waals surface area contributed by atoms with E-state index in [1.807, 2.05) is 0 Å². The van der Waals surface area contributed by atoms with E-state index in [0.717, 1.165) is 52.4 Å². The van der Waals surface area contributed by atoms with Crippen LogP contribution < -0.4 is 31.7 Å².